The first kappa shape index (κ1) is 21.2. The predicted molar refractivity (Wildman–Crippen MR) is 89.0 cm³/mol. The molecule has 0 saturated heterocycles. The van der Waals surface area contributed by atoms with E-state index in [9.17, 15) is 26.5 Å². The van der Waals surface area contributed by atoms with Crippen molar-refractivity contribution < 1.29 is 35.6 Å². The van der Waals surface area contributed by atoms with Crippen LogP contribution in [0.15, 0.2) is 30.3 Å². The van der Waals surface area contributed by atoms with E-state index in [1.54, 1.807) is 26.8 Å². The maximum atomic E-state index is 13.9. The molecule has 0 bridgehead atoms. The minimum absolute atomic E-state index is 0.00756. The summed E-state index contributed by atoms with van der Waals surface area (Å²) in [5, 5.41) is 2.44. The SMILES string of the molecule is CC(C)[C@H](C)NP(=O)(Oc1ccccc1)Oc1c(F)c(F)c(F)c(F)c1F. The van der Waals surface area contributed by atoms with Gasteiger partial charge in [0.1, 0.15) is 5.75 Å². The van der Waals surface area contributed by atoms with Crippen LogP contribution in [0.2, 0.25) is 0 Å². The molecular weight excluding hydrogens is 392 g/mol. The second kappa shape index (κ2) is 8.27. The Morgan fingerprint density at radius 1 is 0.815 bits per heavy atom. The van der Waals surface area contributed by atoms with Gasteiger partial charge in [-0.1, -0.05) is 32.0 Å². The van der Waals surface area contributed by atoms with Crippen molar-refractivity contribution in [2.75, 3.05) is 0 Å². The highest BCUT2D eigenvalue weighted by molar-refractivity contribution is 7.52. The van der Waals surface area contributed by atoms with Crippen molar-refractivity contribution in [3.8, 4) is 11.5 Å². The van der Waals surface area contributed by atoms with Crippen LogP contribution in [-0.2, 0) is 4.57 Å². The summed E-state index contributed by atoms with van der Waals surface area (Å²) in [6.07, 6.45) is 0. The minimum atomic E-state index is -4.57. The molecule has 0 aromatic heterocycles. The van der Waals surface area contributed by atoms with E-state index in [2.05, 4.69) is 5.09 Å². The molecule has 0 saturated carbocycles. The van der Waals surface area contributed by atoms with Gasteiger partial charge in [-0.3, -0.25) is 0 Å². The molecule has 0 aliphatic heterocycles. The highest BCUT2D eigenvalue weighted by Crippen LogP contribution is 2.47. The minimum Gasteiger partial charge on any atom is -0.405 e. The van der Waals surface area contributed by atoms with E-state index in [0.29, 0.717) is 0 Å². The maximum absolute atomic E-state index is 13.9. The lowest BCUT2D eigenvalue weighted by Gasteiger charge is -2.25. The van der Waals surface area contributed by atoms with Crippen molar-refractivity contribution in [1.29, 1.82) is 0 Å². The molecule has 0 radical (unpaired) electrons. The Bertz CT molecular complexity index is 834. The quantitative estimate of drug-likeness (QED) is 0.281. The largest absolute Gasteiger partial charge is 0.513 e. The average Bonchev–Trinajstić information content (AvgIpc) is 2.62. The Hall–Kier alpha value is -2.12. The number of hydrogen-bond donors (Lipinski definition) is 1. The van der Waals surface area contributed by atoms with Gasteiger partial charge < -0.3 is 9.05 Å². The Labute approximate surface area is 152 Å². The fourth-order valence-corrected chi connectivity index (χ4v) is 3.61. The lowest BCUT2D eigenvalue weighted by Crippen LogP contribution is -2.32. The van der Waals surface area contributed by atoms with E-state index < -0.39 is 48.6 Å². The third-order valence-electron chi connectivity index (χ3n) is 3.71. The lowest BCUT2D eigenvalue weighted by molar-refractivity contribution is 0.311. The van der Waals surface area contributed by atoms with E-state index in [0.717, 1.165) is 0 Å². The van der Waals surface area contributed by atoms with Crippen LogP contribution >= 0.6 is 7.75 Å². The second-order valence-electron chi connectivity index (χ2n) is 6.05. The molecule has 0 spiro atoms. The van der Waals surface area contributed by atoms with Crippen molar-refractivity contribution in [1.82, 2.24) is 5.09 Å². The van der Waals surface area contributed by atoms with Crippen LogP contribution in [-0.4, -0.2) is 6.04 Å². The van der Waals surface area contributed by atoms with Crippen LogP contribution in [0.3, 0.4) is 0 Å². The summed E-state index contributed by atoms with van der Waals surface area (Å²) in [4.78, 5) is 0. The first-order valence-corrected chi connectivity index (χ1v) is 9.43. The molecule has 2 aromatic carbocycles. The maximum Gasteiger partial charge on any atom is 0.513 e. The number of rotatable bonds is 7. The Morgan fingerprint density at radius 2 is 1.30 bits per heavy atom. The van der Waals surface area contributed by atoms with Crippen molar-refractivity contribution in [3.05, 3.63) is 59.4 Å². The summed E-state index contributed by atoms with van der Waals surface area (Å²) in [5.74, 6) is -13.1. The molecule has 4 nitrogen and oxygen atoms in total. The van der Waals surface area contributed by atoms with Gasteiger partial charge in [0.15, 0.2) is 0 Å². The monoisotopic (exact) mass is 409 g/mol. The van der Waals surface area contributed by atoms with Crippen LogP contribution in [0.4, 0.5) is 22.0 Å². The summed E-state index contributed by atoms with van der Waals surface area (Å²) in [7, 11) is -4.57. The highest BCUT2D eigenvalue weighted by Gasteiger charge is 2.37. The zero-order chi connectivity index (χ0) is 20.4. The van der Waals surface area contributed by atoms with Gasteiger partial charge in [-0.15, -0.1) is 0 Å². The van der Waals surface area contributed by atoms with Gasteiger partial charge in [-0.25, -0.2) is 17.7 Å². The molecule has 1 N–H and O–H groups in total. The Balaban J connectivity index is 2.48. The fourth-order valence-electron chi connectivity index (χ4n) is 1.88. The molecule has 0 fully saturated rings. The summed E-state index contributed by atoms with van der Waals surface area (Å²) >= 11 is 0. The number of benzene rings is 2. The summed E-state index contributed by atoms with van der Waals surface area (Å²) in [5.41, 5.74) is 0. The first-order valence-electron chi connectivity index (χ1n) is 7.89. The van der Waals surface area contributed by atoms with Crippen LogP contribution in [0.1, 0.15) is 20.8 Å². The molecule has 0 aliphatic carbocycles. The van der Waals surface area contributed by atoms with Crippen LogP contribution in [0.5, 0.6) is 11.5 Å². The zero-order valence-electron chi connectivity index (χ0n) is 14.6. The molecule has 2 rings (SSSR count). The van der Waals surface area contributed by atoms with E-state index in [4.69, 9.17) is 9.05 Å². The Morgan fingerprint density at radius 3 is 1.78 bits per heavy atom. The second-order valence-corrected chi connectivity index (χ2v) is 7.67. The van der Waals surface area contributed by atoms with Gasteiger partial charge in [0.25, 0.3) is 0 Å². The molecule has 2 atom stereocenters. The molecule has 0 amide bonds. The molecule has 1 unspecified atom stereocenters. The molecular formula is C17H17F5NO3P. The summed E-state index contributed by atoms with van der Waals surface area (Å²) in [6, 6.07) is 6.92. The normalized spacial score (nSPS) is 14.7. The first-order chi connectivity index (χ1) is 12.6. The predicted octanol–water partition coefficient (Wildman–Crippen LogP) is 5.58. The molecule has 2 aromatic rings. The smallest absolute Gasteiger partial charge is 0.405 e. The standard InChI is InChI=1S/C17H17F5NO3P/c1-9(2)10(3)23-27(24,25-11-7-5-4-6-8-11)26-17-15(21)13(19)12(18)14(20)16(17)22/h4-10H,1-3H3,(H,23,24)/t10-,27?/m0/s1. The molecule has 0 heterocycles. The van der Waals surface area contributed by atoms with Gasteiger partial charge in [0, 0.05) is 6.04 Å². The van der Waals surface area contributed by atoms with Crippen molar-refractivity contribution in [2.24, 2.45) is 5.92 Å². The van der Waals surface area contributed by atoms with Gasteiger partial charge >= 0.3 is 7.75 Å². The number of nitrogens with one attached hydrogen (secondary N) is 1. The summed E-state index contributed by atoms with van der Waals surface area (Å²) < 4.78 is 90.8. The van der Waals surface area contributed by atoms with Crippen LogP contribution in [0.25, 0.3) is 0 Å². The van der Waals surface area contributed by atoms with Crippen molar-refractivity contribution in [3.63, 3.8) is 0 Å². The summed E-state index contributed by atoms with van der Waals surface area (Å²) in [6.45, 7) is 5.10. The third-order valence-corrected chi connectivity index (χ3v) is 5.31. The zero-order valence-corrected chi connectivity index (χ0v) is 15.5. The molecule has 10 heteroatoms. The van der Waals surface area contributed by atoms with E-state index in [1.165, 1.54) is 24.3 Å². The van der Waals surface area contributed by atoms with Gasteiger partial charge in [0.05, 0.1) is 0 Å². The number of para-hydroxylation sites is 1. The molecule has 27 heavy (non-hydrogen) atoms. The Kier molecular flexibility index (Phi) is 6.49. The lowest BCUT2D eigenvalue weighted by atomic mass is 10.1. The van der Waals surface area contributed by atoms with Gasteiger partial charge in [-0.2, -0.15) is 13.9 Å². The highest BCUT2D eigenvalue weighted by atomic mass is 31.2. The van der Waals surface area contributed by atoms with Crippen molar-refractivity contribution in [2.45, 2.75) is 26.8 Å². The van der Waals surface area contributed by atoms with Crippen molar-refractivity contribution >= 4 is 7.75 Å². The van der Waals surface area contributed by atoms with E-state index in [1.807, 2.05) is 0 Å². The molecule has 148 valence electrons. The fraction of sp³-hybridized carbons (Fsp3) is 0.294. The average molecular weight is 409 g/mol. The van der Waals surface area contributed by atoms with Crippen LogP contribution < -0.4 is 14.1 Å². The third kappa shape index (κ3) is 4.78. The van der Waals surface area contributed by atoms with E-state index >= 15 is 0 Å². The van der Waals surface area contributed by atoms with Gasteiger partial charge in [0.2, 0.25) is 34.8 Å². The number of halogens is 5. The van der Waals surface area contributed by atoms with E-state index in [-0.39, 0.29) is 11.7 Å². The van der Waals surface area contributed by atoms with Gasteiger partial charge in [-0.05, 0) is 25.0 Å². The molecule has 0 aliphatic rings. The number of hydrogen-bond acceptors (Lipinski definition) is 3. The topological polar surface area (TPSA) is 47.6 Å². The van der Waals surface area contributed by atoms with Crippen LogP contribution in [0, 0.1) is 35.0 Å².